The van der Waals surface area contributed by atoms with Gasteiger partial charge >= 0.3 is 0 Å². The number of aromatic nitrogens is 2. The van der Waals surface area contributed by atoms with E-state index in [1.165, 1.54) is 4.90 Å². The first-order valence-corrected chi connectivity index (χ1v) is 10.0. The predicted octanol–water partition coefficient (Wildman–Crippen LogP) is 3.00. The highest BCUT2D eigenvalue weighted by molar-refractivity contribution is 6.02. The molecule has 8 nitrogen and oxygen atoms in total. The molecule has 0 unspecified atom stereocenters. The maximum atomic E-state index is 13.1. The number of amides is 2. The van der Waals surface area contributed by atoms with Gasteiger partial charge in [0.1, 0.15) is 19.8 Å². The Hall–Kier alpha value is -3.55. The minimum absolute atomic E-state index is 0.0470. The van der Waals surface area contributed by atoms with Gasteiger partial charge in [0.2, 0.25) is 5.91 Å². The van der Waals surface area contributed by atoms with Crippen LogP contribution >= 0.6 is 0 Å². The number of nitrogens with one attached hydrogen (secondary N) is 2. The summed E-state index contributed by atoms with van der Waals surface area (Å²) >= 11 is 0. The highest BCUT2D eigenvalue weighted by atomic mass is 16.6. The third-order valence-corrected chi connectivity index (χ3v) is 5.09. The summed E-state index contributed by atoms with van der Waals surface area (Å²) in [6.45, 7) is 5.24. The minimum Gasteiger partial charge on any atom is -0.486 e. The number of H-pyrrole nitrogens is 1. The Morgan fingerprint density at radius 2 is 1.93 bits per heavy atom. The van der Waals surface area contributed by atoms with Gasteiger partial charge in [-0.1, -0.05) is 6.92 Å². The third-order valence-electron chi connectivity index (χ3n) is 5.09. The van der Waals surface area contributed by atoms with E-state index in [4.69, 9.17) is 9.47 Å². The Bertz CT molecular complexity index is 1090. The molecule has 0 bridgehead atoms. The lowest BCUT2D eigenvalue weighted by Gasteiger charge is -2.22. The van der Waals surface area contributed by atoms with E-state index in [0.717, 1.165) is 22.9 Å². The zero-order chi connectivity index (χ0) is 21.1. The monoisotopic (exact) mass is 408 g/mol. The third kappa shape index (κ3) is 3.94. The fraction of sp³-hybridized carbons (Fsp3) is 0.318. The molecule has 8 heteroatoms. The van der Waals surface area contributed by atoms with E-state index in [9.17, 15) is 9.59 Å². The van der Waals surface area contributed by atoms with Crippen LogP contribution in [0.5, 0.6) is 11.5 Å². The van der Waals surface area contributed by atoms with Crippen LogP contribution in [0.1, 0.15) is 29.8 Å². The molecule has 0 radical (unpaired) electrons. The molecule has 0 aliphatic carbocycles. The zero-order valence-corrected chi connectivity index (χ0v) is 17.0. The second-order valence-electron chi connectivity index (χ2n) is 7.05. The van der Waals surface area contributed by atoms with Crippen molar-refractivity contribution in [3.63, 3.8) is 0 Å². The minimum atomic E-state index is -0.276. The van der Waals surface area contributed by atoms with Crippen LogP contribution in [0.3, 0.4) is 0 Å². The summed E-state index contributed by atoms with van der Waals surface area (Å²) in [5, 5.41) is 10.8. The number of aryl methyl sites for hydroxylation is 1. The van der Waals surface area contributed by atoms with E-state index < -0.39 is 0 Å². The molecule has 2 aromatic carbocycles. The van der Waals surface area contributed by atoms with Crippen LogP contribution in [0.4, 0.5) is 5.69 Å². The largest absolute Gasteiger partial charge is 0.486 e. The van der Waals surface area contributed by atoms with Crippen LogP contribution in [-0.2, 0) is 11.2 Å². The molecular formula is C22H24N4O4. The Morgan fingerprint density at radius 3 is 2.70 bits per heavy atom. The summed E-state index contributed by atoms with van der Waals surface area (Å²) < 4.78 is 11.0. The smallest absolute Gasteiger partial charge is 0.254 e. The van der Waals surface area contributed by atoms with Crippen LogP contribution < -0.4 is 14.8 Å². The first kappa shape index (κ1) is 19.8. The molecule has 2 N–H and O–H groups in total. The van der Waals surface area contributed by atoms with Crippen molar-refractivity contribution in [2.45, 2.75) is 20.3 Å². The molecule has 0 saturated heterocycles. The van der Waals surface area contributed by atoms with Crippen molar-refractivity contribution in [3.05, 3.63) is 47.7 Å². The Kier molecular flexibility index (Phi) is 5.56. The highest BCUT2D eigenvalue weighted by Crippen LogP contribution is 2.32. The van der Waals surface area contributed by atoms with Gasteiger partial charge in [-0.2, -0.15) is 5.10 Å². The number of carbonyl (C=O) groups is 2. The van der Waals surface area contributed by atoms with Crippen molar-refractivity contribution in [2.24, 2.45) is 0 Å². The molecule has 4 rings (SSSR count). The molecule has 1 aromatic heterocycles. The molecule has 3 aromatic rings. The maximum absolute atomic E-state index is 13.1. The fourth-order valence-electron chi connectivity index (χ4n) is 3.54. The standard InChI is InChI=1S/C22H24N4O4/c1-3-14-9-15(10-16-12-23-25-21(14)16)22(28)26(4-2)13-20(27)24-17-5-6-18-19(11-17)30-8-7-29-18/h5-6,9-12H,3-4,7-8,13H2,1-2H3,(H,23,25)(H,24,27). The van der Waals surface area contributed by atoms with Crippen LogP contribution in [0, 0.1) is 0 Å². The number of fused-ring (bicyclic) bond motifs is 2. The summed E-state index contributed by atoms with van der Waals surface area (Å²) in [5.74, 6) is 0.795. The van der Waals surface area contributed by atoms with Gasteiger partial charge in [-0.3, -0.25) is 14.7 Å². The van der Waals surface area contributed by atoms with E-state index in [1.807, 2.05) is 26.0 Å². The van der Waals surface area contributed by atoms with Gasteiger partial charge in [-0.15, -0.1) is 0 Å². The first-order valence-electron chi connectivity index (χ1n) is 10.0. The number of ether oxygens (including phenoxy) is 2. The lowest BCUT2D eigenvalue weighted by Crippen LogP contribution is -2.38. The molecule has 1 aliphatic heterocycles. The number of hydrogen-bond donors (Lipinski definition) is 2. The maximum Gasteiger partial charge on any atom is 0.254 e. The van der Waals surface area contributed by atoms with E-state index in [1.54, 1.807) is 24.4 Å². The molecule has 1 aliphatic rings. The molecule has 30 heavy (non-hydrogen) atoms. The summed E-state index contributed by atoms with van der Waals surface area (Å²) in [4.78, 5) is 27.2. The van der Waals surface area contributed by atoms with E-state index in [2.05, 4.69) is 15.5 Å². The highest BCUT2D eigenvalue weighted by Gasteiger charge is 2.20. The van der Waals surface area contributed by atoms with Crippen molar-refractivity contribution in [1.82, 2.24) is 15.1 Å². The van der Waals surface area contributed by atoms with Gasteiger partial charge in [-0.05, 0) is 43.2 Å². The Balaban J connectivity index is 1.47. The number of anilines is 1. The number of aromatic amines is 1. The fourth-order valence-corrected chi connectivity index (χ4v) is 3.54. The zero-order valence-electron chi connectivity index (χ0n) is 17.0. The molecule has 0 spiro atoms. The number of nitrogens with zero attached hydrogens (tertiary/aromatic N) is 2. The quantitative estimate of drug-likeness (QED) is 0.654. The second-order valence-corrected chi connectivity index (χ2v) is 7.05. The van der Waals surface area contributed by atoms with Crippen LogP contribution in [0.2, 0.25) is 0 Å². The summed E-state index contributed by atoms with van der Waals surface area (Å²) in [6.07, 6.45) is 2.48. The summed E-state index contributed by atoms with van der Waals surface area (Å²) in [6, 6.07) is 8.92. The number of rotatable bonds is 6. The lowest BCUT2D eigenvalue weighted by atomic mass is 10.0. The molecule has 2 heterocycles. The number of hydrogen-bond acceptors (Lipinski definition) is 5. The van der Waals surface area contributed by atoms with Crippen molar-refractivity contribution < 1.29 is 19.1 Å². The predicted molar refractivity (Wildman–Crippen MR) is 113 cm³/mol. The molecule has 2 amide bonds. The molecule has 0 atom stereocenters. The number of likely N-dealkylation sites (N-methyl/N-ethyl adjacent to an activating group) is 1. The Labute approximate surface area is 174 Å². The van der Waals surface area contributed by atoms with Gasteiger partial charge < -0.3 is 19.7 Å². The summed E-state index contributed by atoms with van der Waals surface area (Å²) in [5.41, 5.74) is 3.11. The average Bonchev–Trinajstić information content (AvgIpc) is 3.25. The molecular weight excluding hydrogens is 384 g/mol. The molecule has 156 valence electrons. The van der Waals surface area contributed by atoms with E-state index in [0.29, 0.717) is 42.5 Å². The van der Waals surface area contributed by atoms with Crippen molar-refractivity contribution in [2.75, 3.05) is 31.6 Å². The van der Waals surface area contributed by atoms with E-state index >= 15 is 0 Å². The first-order chi connectivity index (χ1) is 14.6. The van der Waals surface area contributed by atoms with Crippen molar-refractivity contribution in [1.29, 1.82) is 0 Å². The SMILES string of the molecule is CCc1cc(C(=O)N(CC)CC(=O)Nc2ccc3c(c2)OCCO3)cc2cn[nH]c12. The van der Waals surface area contributed by atoms with Gasteiger partial charge in [0.15, 0.2) is 11.5 Å². The normalized spacial score (nSPS) is 12.6. The van der Waals surface area contributed by atoms with Gasteiger partial charge in [0, 0.05) is 29.2 Å². The summed E-state index contributed by atoms with van der Waals surface area (Å²) in [7, 11) is 0. The Morgan fingerprint density at radius 1 is 1.13 bits per heavy atom. The van der Waals surface area contributed by atoms with Crippen molar-refractivity contribution >= 4 is 28.4 Å². The van der Waals surface area contributed by atoms with Gasteiger partial charge in [0.05, 0.1) is 11.7 Å². The number of carbonyl (C=O) groups excluding carboxylic acids is 2. The average molecular weight is 408 g/mol. The lowest BCUT2D eigenvalue weighted by molar-refractivity contribution is -0.116. The number of benzene rings is 2. The van der Waals surface area contributed by atoms with Crippen LogP contribution in [0.25, 0.3) is 10.9 Å². The van der Waals surface area contributed by atoms with Gasteiger partial charge in [-0.25, -0.2) is 0 Å². The van der Waals surface area contributed by atoms with Crippen LogP contribution in [0.15, 0.2) is 36.5 Å². The van der Waals surface area contributed by atoms with E-state index in [-0.39, 0.29) is 18.4 Å². The molecule has 0 fully saturated rings. The van der Waals surface area contributed by atoms with Gasteiger partial charge in [0.25, 0.3) is 5.91 Å². The second kappa shape index (κ2) is 8.44. The topological polar surface area (TPSA) is 96.6 Å². The molecule has 0 saturated carbocycles. The van der Waals surface area contributed by atoms with Crippen molar-refractivity contribution in [3.8, 4) is 11.5 Å². The van der Waals surface area contributed by atoms with Crippen LogP contribution in [-0.4, -0.2) is 53.2 Å².